The number of ether oxygens (including phenoxy) is 1. The van der Waals surface area contributed by atoms with Gasteiger partial charge in [-0.05, 0) is 30.2 Å². The zero-order valence-corrected chi connectivity index (χ0v) is 14.9. The lowest BCUT2D eigenvalue weighted by Crippen LogP contribution is -2.35. The second-order valence-electron chi connectivity index (χ2n) is 5.82. The molecule has 136 valence electrons. The van der Waals surface area contributed by atoms with Crippen molar-refractivity contribution in [1.82, 2.24) is 30.6 Å². The van der Waals surface area contributed by atoms with Gasteiger partial charge < -0.3 is 14.6 Å². The molecule has 0 bridgehead atoms. The molecule has 2 N–H and O–H groups in total. The maximum Gasteiger partial charge on any atom is 0.258 e. The van der Waals surface area contributed by atoms with E-state index in [1.165, 1.54) is 6.33 Å². The molecule has 1 amide bonds. The third-order valence-corrected chi connectivity index (χ3v) is 3.75. The highest BCUT2D eigenvalue weighted by molar-refractivity contribution is 6.30. The Balaban J connectivity index is 1.63. The first-order valence-corrected chi connectivity index (χ1v) is 8.28. The van der Waals surface area contributed by atoms with E-state index in [-0.39, 0.29) is 30.1 Å². The molecule has 1 atom stereocenters. The number of nitrogens with zero attached hydrogens (tertiary/aromatic N) is 4. The molecule has 3 aromatic rings. The molecule has 0 fully saturated rings. The average Bonchev–Trinajstić information content (AvgIpc) is 3.30. The number of benzene rings is 1. The highest BCUT2D eigenvalue weighted by atomic mass is 35.5. The normalized spacial score (nSPS) is 12.2. The van der Waals surface area contributed by atoms with Crippen LogP contribution in [0.2, 0.25) is 5.02 Å². The van der Waals surface area contributed by atoms with Gasteiger partial charge in [-0.15, -0.1) is 0 Å². The van der Waals surface area contributed by atoms with Crippen LogP contribution >= 0.6 is 11.6 Å². The molecule has 1 aromatic carbocycles. The lowest BCUT2D eigenvalue weighted by atomic mass is 10.0. The first-order chi connectivity index (χ1) is 12.5. The summed E-state index contributed by atoms with van der Waals surface area (Å²) >= 11 is 5.82. The minimum atomic E-state index is -0.458. The Morgan fingerprint density at radius 3 is 2.77 bits per heavy atom. The van der Waals surface area contributed by atoms with Crippen molar-refractivity contribution >= 4 is 17.5 Å². The van der Waals surface area contributed by atoms with Gasteiger partial charge >= 0.3 is 0 Å². The summed E-state index contributed by atoms with van der Waals surface area (Å²) in [5.41, 5.74) is 0. The molecular formula is C16H17ClN6O3. The molecule has 0 saturated heterocycles. The predicted octanol–water partition coefficient (Wildman–Crippen LogP) is 2.40. The molecule has 10 heteroatoms. The minimum Gasteiger partial charge on any atom is -0.484 e. The maximum atomic E-state index is 12.2. The van der Waals surface area contributed by atoms with E-state index in [0.29, 0.717) is 16.6 Å². The van der Waals surface area contributed by atoms with Crippen molar-refractivity contribution < 1.29 is 14.1 Å². The Labute approximate surface area is 154 Å². The van der Waals surface area contributed by atoms with E-state index < -0.39 is 6.04 Å². The van der Waals surface area contributed by atoms with Gasteiger partial charge in [-0.25, -0.2) is 4.98 Å². The van der Waals surface area contributed by atoms with Crippen molar-refractivity contribution in [2.45, 2.75) is 19.9 Å². The third-order valence-electron chi connectivity index (χ3n) is 3.50. The van der Waals surface area contributed by atoms with E-state index in [4.69, 9.17) is 20.9 Å². The second-order valence-corrected chi connectivity index (χ2v) is 6.26. The fraction of sp³-hybridized carbons (Fsp3) is 0.312. The van der Waals surface area contributed by atoms with Crippen molar-refractivity contribution in [2.75, 3.05) is 6.61 Å². The zero-order valence-electron chi connectivity index (χ0n) is 14.1. The van der Waals surface area contributed by atoms with Crippen LogP contribution in [0.4, 0.5) is 0 Å². The summed E-state index contributed by atoms with van der Waals surface area (Å²) in [6.07, 6.45) is 1.35. The number of nitrogens with one attached hydrogen (secondary N) is 2. The van der Waals surface area contributed by atoms with E-state index >= 15 is 0 Å². The first kappa shape index (κ1) is 17.9. The van der Waals surface area contributed by atoms with Crippen molar-refractivity contribution in [3.63, 3.8) is 0 Å². The van der Waals surface area contributed by atoms with Gasteiger partial charge in [0.15, 0.2) is 12.4 Å². The number of carbonyl (C=O) groups excluding carboxylic acids is 1. The standard InChI is InChI=1S/C16H17ClN6O3/c1-9(2)13(16-21-15(23-26-16)14-18-8-19-22-14)20-12(24)7-25-11-5-3-10(17)4-6-11/h3-6,8-9,13H,7H2,1-2H3,(H,20,24)(H,18,19,22)/t13-/m0/s1. The van der Waals surface area contributed by atoms with Crippen molar-refractivity contribution in [1.29, 1.82) is 0 Å². The number of carbonyl (C=O) groups is 1. The van der Waals surface area contributed by atoms with Gasteiger partial charge in [-0.3, -0.25) is 9.89 Å². The van der Waals surface area contributed by atoms with E-state index in [1.807, 2.05) is 13.8 Å². The Morgan fingerprint density at radius 2 is 2.12 bits per heavy atom. The fourth-order valence-corrected chi connectivity index (χ4v) is 2.31. The molecular weight excluding hydrogens is 360 g/mol. The van der Waals surface area contributed by atoms with Crippen LogP contribution in [0.25, 0.3) is 11.6 Å². The molecule has 9 nitrogen and oxygen atoms in total. The van der Waals surface area contributed by atoms with Crippen LogP contribution in [0.1, 0.15) is 25.8 Å². The number of amides is 1. The number of aromatic amines is 1. The lowest BCUT2D eigenvalue weighted by Gasteiger charge is -2.18. The largest absolute Gasteiger partial charge is 0.484 e. The summed E-state index contributed by atoms with van der Waals surface area (Å²) in [6, 6.07) is 6.30. The summed E-state index contributed by atoms with van der Waals surface area (Å²) in [5, 5.41) is 13.7. The summed E-state index contributed by atoms with van der Waals surface area (Å²) in [6.45, 7) is 3.72. The van der Waals surface area contributed by atoms with Gasteiger partial charge in [0.25, 0.3) is 5.91 Å². The van der Waals surface area contributed by atoms with Crippen molar-refractivity contribution in [3.05, 3.63) is 41.5 Å². The molecule has 0 aliphatic rings. The number of aromatic nitrogens is 5. The predicted molar refractivity (Wildman–Crippen MR) is 92.3 cm³/mol. The van der Waals surface area contributed by atoms with Crippen LogP contribution in [-0.2, 0) is 4.79 Å². The number of hydrogen-bond donors (Lipinski definition) is 2. The monoisotopic (exact) mass is 376 g/mol. The van der Waals surface area contributed by atoms with Crippen LogP contribution < -0.4 is 10.1 Å². The fourth-order valence-electron chi connectivity index (χ4n) is 2.18. The topological polar surface area (TPSA) is 119 Å². The number of hydrogen-bond acceptors (Lipinski definition) is 7. The van der Waals surface area contributed by atoms with Crippen molar-refractivity contribution in [2.24, 2.45) is 5.92 Å². The van der Waals surface area contributed by atoms with Gasteiger partial charge in [0.05, 0.1) is 0 Å². The highest BCUT2D eigenvalue weighted by Crippen LogP contribution is 2.22. The molecule has 2 heterocycles. The van der Waals surface area contributed by atoms with Crippen LogP contribution in [-0.4, -0.2) is 37.8 Å². The quantitative estimate of drug-likeness (QED) is 0.649. The molecule has 2 aromatic heterocycles. The minimum absolute atomic E-state index is 0.0255. The van der Waals surface area contributed by atoms with Crippen LogP contribution in [0.3, 0.4) is 0 Å². The zero-order chi connectivity index (χ0) is 18.5. The highest BCUT2D eigenvalue weighted by Gasteiger charge is 2.25. The Morgan fingerprint density at radius 1 is 1.35 bits per heavy atom. The van der Waals surface area contributed by atoms with E-state index in [0.717, 1.165) is 0 Å². The van der Waals surface area contributed by atoms with Gasteiger partial charge in [0.2, 0.25) is 11.7 Å². The van der Waals surface area contributed by atoms with Gasteiger partial charge in [-0.2, -0.15) is 10.1 Å². The Bertz CT molecular complexity index is 847. The molecule has 0 radical (unpaired) electrons. The van der Waals surface area contributed by atoms with E-state index in [9.17, 15) is 4.79 Å². The molecule has 3 rings (SSSR count). The van der Waals surface area contributed by atoms with Crippen LogP contribution in [0.5, 0.6) is 5.75 Å². The summed E-state index contributed by atoms with van der Waals surface area (Å²) in [5.74, 6) is 1.22. The van der Waals surface area contributed by atoms with Gasteiger partial charge in [0.1, 0.15) is 18.1 Å². The number of rotatable bonds is 7. The lowest BCUT2D eigenvalue weighted by molar-refractivity contribution is -0.124. The molecule has 0 aliphatic carbocycles. The molecule has 0 spiro atoms. The average molecular weight is 377 g/mol. The summed E-state index contributed by atoms with van der Waals surface area (Å²) < 4.78 is 10.7. The van der Waals surface area contributed by atoms with Gasteiger partial charge in [0, 0.05) is 5.02 Å². The summed E-state index contributed by atoms with van der Waals surface area (Å²) in [4.78, 5) is 20.5. The summed E-state index contributed by atoms with van der Waals surface area (Å²) in [7, 11) is 0. The van der Waals surface area contributed by atoms with Crippen molar-refractivity contribution in [3.8, 4) is 17.4 Å². The van der Waals surface area contributed by atoms with E-state index in [1.54, 1.807) is 24.3 Å². The van der Waals surface area contributed by atoms with Gasteiger partial charge in [-0.1, -0.05) is 30.6 Å². The second kappa shape index (κ2) is 7.96. The third kappa shape index (κ3) is 4.37. The smallest absolute Gasteiger partial charge is 0.258 e. The molecule has 0 unspecified atom stereocenters. The number of halogens is 1. The van der Waals surface area contributed by atoms with E-state index in [2.05, 4.69) is 30.6 Å². The number of H-pyrrole nitrogens is 1. The van der Waals surface area contributed by atoms with Crippen LogP contribution in [0.15, 0.2) is 35.1 Å². The molecule has 0 aliphatic heterocycles. The Kier molecular flexibility index (Phi) is 5.47. The Hall–Kier alpha value is -2.94. The first-order valence-electron chi connectivity index (χ1n) is 7.90. The maximum absolute atomic E-state index is 12.2. The molecule has 26 heavy (non-hydrogen) atoms. The SMILES string of the molecule is CC(C)[C@H](NC(=O)COc1ccc(Cl)cc1)c1nc(-c2ncn[nH]2)no1. The van der Waals surface area contributed by atoms with Crippen LogP contribution in [0, 0.1) is 5.92 Å². The molecule has 0 saturated carbocycles.